The maximum absolute atomic E-state index is 2.34. The number of benzene rings is 1. The minimum Gasteiger partial charge on any atom is -0.198 e. The molecule has 0 saturated carbocycles. The van der Waals surface area contributed by atoms with Gasteiger partial charge in [0, 0.05) is 17.2 Å². The van der Waals surface area contributed by atoms with Crippen molar-refractivity contribution in [2.75, 3.05) is 7.05 Å². The Morgan fingerprint density at radius 1 is 1.06 bits per heavy atom. The summed E-state index contributed by atoms with van der Waals surface area (Å²) in [6.07, 6.45) is 0. The monoisotopic (exact) mass is 228 g/mol. The standard InChI is InChI=1S/C16H22N/c1-11(2)12(3)15-16(4,5)13-9-7-8-10-14(13)17(15)6/h7-10H,1-6H3/q+1. The van der Waals surface area contributed by atoms with Gasteiger partial charge in [0.15, 0.2) is 5.71 Å². The zero-order valence-electron chi connectivity index (χ0n) is 11.8. The van der Waals surface area contributed by atoms with E-state index in [1.54, 1.807) is 0 Å². The Kier molecular flexibility index (Phi) is 2.73. The Morgan fingerprint density at radius 2 is 1.65 bits per heavy atom. The van der Waals surface area contributed by atoms with E-state index in [0.29, 0.717) is 0 Å². The van der Waals surface area contributed by atoms with Gasteiger partial charge >= 0.3 is 0 Å². The lowest BCUT2D eigenvalue weighted by molar-refractivity contribution is -0.402. The Balaban J connectivity index is 2.73. The van der Waals surface area contributed by atoms with Crippen LogP contribution in [-0.4, -0.2) is 17.3 Å². The molecule has 2 rings (SSSR count). The highest BCUT2D eigenvalue weighted by Crippen LogP contribution is 2.40. The van der Waals surface area contributed by atoms with E-state index < -0.39 is 0 Å². The minimum absolute atomic E-state index is 0.104. The third kappa shape index (κ3) is 1.65. The van der Waals surface area contributed by atoms with Crippen LogP contribution in [-0.2, 0) is 5.41 Å². The van der Waals surface area contributed by atoms with Crippen LogP contribution in [0, 0.1) is 0 Å². The van der Waals surface area contributed by atoms with Gasteiger partial charge in [-0.05, 0) is 34.6 Å². The summed E-state index contributed by atoms with van der Waals surface area (Å²) in [4.78, 5) is 0. The van der Waals surface area contributed by atoms with Crippen LogP contribution in [0.4, 0.5) is 5.69 Å². The quantitative estimate of drug-likeness (QED) is 0.638. The third-order valence-corrected chi connectivity index (χ3v) is 3.97. The molecule has 1 aromatic carbocycles. The number of hydrogen-bond acceptors (Lipinski definition) is 0. The summed E-state index contributed by atoms with van der Waals surface area (Å²) >= 11 is 0. The van der Waals surface area contributed by atoms with Crippen molar-refractivity contribution in [1.82, 2.24) is 0 Å². The van der Waals surface area contributed by atoms with E-state index in [-0.39, 0.29) is 5.41 Å². The first-order valence-electron chi connectivity index (χ1n) is 6.22. The third-order valence-electron chi connectivity index (χ3n) is 3.97. The Morgan fingerprint density at radius 3 is 2.18 bits per heavy atom. The highest BCUT2D eigenvalue weighted by molar-refractivity contribution is 6.07. The molecule has 0 aromatic heterocycles. The molecule has 90 valence electrons. The van der Waals surface area contributed by atoms with Gasteiger partial charge in [-0.3, -0.25) is 0 Å². The summed E-state index contributed by atoms with van der Waals surface area (Å²) < 4.78 is 2.34. The van der Waals surface area contributed by atoms with Gasteiger partial charge in [0.25, 0.3) is 0 Å². The first kappa shape index (κ1) is 12.1. The maximum Gasteiger partial charge on any atom is 0.209 e. The molecule has 0 unspecified atom stereocenters. The maximum atomic E-state index is 2.34. The van der Waals surface area contributed by atoms with Gasteiger partial charge in [-0.1, -0.05) is 23.8 Å². The van der Waals surface area contributed by atoms with Crippen LogP contribution in [0.25, 0.3) is 0 Å². The van der Waals surface area contributed by atoms with Crippen LogP contribution < -0.4 is 0 Å². The first-order valence-corrected chi connectivity index (χ1v) is 6.22. The lowest BCUT2D eigenvalue weighted by Gasteiger charge is -2.18. The topological polar surface area (TPSA) is 3.01 Å². The second-order valence-electron chi connectivity index (χ2n) is 5.67. The molecular formula is C16H22N+. The predicted molar refractivity (Wildman–Crippen MR) is 74.4 cm³/mol. The van der Waals surface area contributed by atoms with Crippen LogP contribution in [0.3, 0.4) is 0 Å². The molecule has 0 saturated heterocycles. The van der Waals surface area contributed by atoms with E-state index in [2.05, 4.69) is 70.5 Å². The molecule has 0 N–H and O–H groups in total. The summed E-state index contributed by atoms with van der Waals surface area (Å²) in [5.74, 6) is 0. The van der Waals surface area contributed by atoms with Gasteiger partial charge in [0.1, 0.15) is 7.05 Å². The van der Waals surface area contributed by atoms with Crippen molar-refractivity contribution in [2.45, 2.75) is 40.0 Å². The molecule has 0 spiro atoms. The average Bonchev–Trinajstić information content (AvgIpc) is 2.47. The molecule has 1 nitrogen and oxygen atoms in total. The van der Waals surface area contributed by atoms with Gasteiger partial charge in [0.05, 0.1) is 5.41 Å². The van der Waals surface area contributed by atoms with Gasteiger partial charge < -0.3 is 0 Å². The summed E-state index contributed by atoms with van der Waals surface area (Å²) in [5.41, 5.74) is 7.11. The van der Waals surface area contributed by atoms with Crippen molar-refractivity contribution in [2.24, 2.45) is 0 Å². The van der Waals surface area contributed by atoms with Crippen molar-refractivity contribution in [1.29, 1.82) is 0 Å². The van der Waals surface area contributed by atoms with Gasteiger partial charge in [-0.15, -0.1) is 0 Å². The molecule has 0 fully saturated rings. The van der Waals surface area contributed by atoms with E-state index >= 15 is 0 Å². The summed E-state index contributed by atoms with van der Waals surface area (Å²) in [5, 5.41) is 0. The van der Waals surface area contributed by atoms with Crippen molar-refractivity contribution in [3.63, 3.8) is 0 Å². The van der Waals surface area contributed by atoms with Crippen molar-refractivity contribution >= 4 is 11.4 Å². The van der Waals surface area contributed by atoms with Crippen LogP contribution in [0.5, 0.6) is 0 Å². The number of allylic oxidation sites excluding steroid dienone is 2. The molecule has 0 amide bonds. The first-order chi connectivity index (χ1) is 7.87. The molecule has 17 heavy (non-hydrogen) atoms. The molecule has 1 aliphatic heterocycles. The predicted octanol–water partition coefficient (Wildman–Crippen LogP) is 4.05. The average molecular weight is 228 g/mol. The number of rotatable bonds is 1. The molecule has 0 aliphatic carbocycles. The van der Waals surface area contributed by atoms with E-state index in [0.717, 1.165) is 0 Å². The van der Waals surface area contributed by atoms with E-state index in [1.165, 1.54) is 28.1 Å². The second-order valence-corrected chi connectivity index (χ2v) is 5.67. The Bertz CT molecular complexity index is 526. The molecule has 0 radical (unpaired) electrons. The zero-order chi connectivity index (χ0) is 12.8. The lowest BCUT2D eigenvalue weighted by Crippen LogP contribution is -2.29. The summed E-state index contributed by atoms with van der Waals surface area (Å²) in [7, 11) is 2.18. The fourth-order valence-electron chi connectivity index (χ4n) is 2.92. The summed E-state index contributed by atoms with van der Waals surface area (Å²) in [6.45, 7) is 11.2. The second kappa shape index (κ2) is 3.83. The molecule has 0 bridgehead atoms. The number of hydrogen-bond donors (Lipinski definition) is 0. The number of para-hydroxylation sites is 1. The zero-order valence-corrected chi connectivity index (χ0v) is 11.8. The van der Waals surface area contributed by atoms with E-state index in [9.17, 15) is 0 Å². The van der Waals surface area contributed by atoms with E-state index in [1.807, 2.05) is 0 Å². The molecule has 1 heterocycles. The lowest BCUT2D eigenvalue weighted by atomic mass is 9.78. The smallest absolute Gasteiger partial charge is 0.198 e. The highest BCUT2D eigenvalue weighted by Gasteiger charge is 2.44. The molecule has 0 atom stereocenters. The SMILES string of the molecule is CC(C)=C(C)C1=[N+](C)c2ccccc2C1(C)C. The Labute approximate surface area is 104 Å². The number of nitrogens with zero attached hydrogens (tertiary/aromatic N) is 1. The normalized spacial score (nSPS) is 17.1. The molecule has 1 aromatic rings. The molecule has 1 aliphatic rings. The van der Waals surface area contributed by atoms with Crippen LogP contribution in [0.15, 0.2) is 35.4 Å². The van der Waals surface area contributed by atoms with Crippen molar-refractivity contribution < 1.29 is 4.58 Å². The minimum atomic E-state index is 0.104. The van der Waals surface area contributed by atoms with Gasteiger partial charge in [-0.25, -0.2) is 0 Å². The van der Waals surface area contributed by atoms with E-state index in [4.69, 9.17) is 0 Å². The van der Waals surface area contributed by atoms with Crippen LogP contribution in [0.2, 0.25) is 0 Å². The Hall–Kier alpha value is -1.37. The van der Waals surface area contributed by atoms with Crippen molar-refractivity contribution in [3.05, 3.63) is 41.0 Å². The fraction of sp³-hybridized carbons (Fsp3) is 0.438. The van der Waals surface area contributed by atoms with Crippen molar-refractivity contribution in [3.8, 4) is 0 Å². The largest absolute Gasteiger partial charge is 0.209 e. The van der Waals surface area contributed by atoms with Crippen LogP contribution in [0.1, 0.15) is 40.2 Å². The van der Waals surface area contributed by atoms with Gasteiger partial charge in [0.2, 0.25) is 5.69 Å². The highest BCUT2D eigenvalue weighted by atomic mass is 15.0. The molecule has 1 heteroatoms. The fourth-order valence-corrected chi connectivity index (χ4v) is 2.92. The van der Waals surface area contributed by atoms with Crippen LogP contribution >= 0.6 is 0 Å². The number of fused-ring (bicyclic) bond motifs is 1. The summed E-state index contributed by atoms with van der Waals surface area (Å²) in [6, 6.07) is 8.71. The van der Waals surface area contributed by atoms with Gasteiger partial charge in [-0.2, -0.15) is 4.58 Å². The molecular weight excluding hydrogens is 206 g/mol.